The van der Waals surface area contributed by atoms with E-state index in [1.165, 1.54) is 30.3 Å². The van der Waals surface area contributed by atoms with Gasteiger partial charge in [0.25, 0.3) is 17.4 Å². The Morgan fingerprint density at radius 3 is 2.11 bits per heavy atom. The Morgan fingerprint density at radius 2 is 1.54 bits per heavy atom. The summed E-state index contributed by atoms with van der Waals surface area (Å²) in [5.41, 5.74) is -1.39. The molecule has 0 bridgehead atoms. The number of ketones is 1. The van der Waals surface area contributed by atoms with Gasteiger partial charge in [-0.05, 0) is 48.0 Å². The number of aromatic hydroxyl groups is 1. The lowest BCUT2D eigenvalue weighted by Crippen LogP contribution is -2.29. The third-order valence-corrected chi connectivity index (χ3v) is 5.41. The predicted octanol–water partition coefficient (Wildman–Crippen LogP) is 3.97. The van der Waals surface area contributed by atoms with Gasteiger partial charge in [-0.25, -0.2) is 4.39 Å². The molecule has 1 aliphatic rings. The number of nitro groups is 2. The molecule has 0 radical (unpaired) electrons. The summed E-state index contributed by atoms with van der Waals surface area (Å²) in [6.07, 6.45) is 0. The minimum atomic E-state index is -1.39. The molecule has 2 N–H and O–H groups in total. The highest BCUT2D eigenvalue weighted by atomic mass is 19.1. The van der Waals surface area contributed by atoms with Crippen molar-refractivity contribution in [2.75, 3.05) is 4.90 Å². The summed E-state index contributed by atoms with van der Waals surface area (Å²) in [4.78, 5) is 47.8. The van der Waals surface area contributed by atoms with E-state index in [1.54, 1.807) is 0 Å². The largest absolute Gasteiger partial charge is 0.507 e. The highest BCUT2D eigenvalue weighted by Crippen LogP contribution is 2.44. The molecule has 1 fully saturated rings. The number of aliphatic hydroxyl groups excluding tert-OH is 1. The second kappa shape index (κ2) is 8.67. The summed E-state index contributed by atoms with van der Waals surface area (Å²) in [6.45, 7) is 0. The number of Topliss-reactive ketones (excluding diaryl/α,β-unsaturated/α-hetero) is 1. The lowest BCUT2D eigenvalue weighted by atomic mass is 9.94. The van der Waals surface area contributed by atoms with E-state index in [0.29, 0.717) is 0 Å². The molecule has 12 heteroatoms. The Bertz CT molecular complexity index is 1420. The van der Waals surface area contributed by atoms with Crippen LogP contribution < -0.4 is 4.90 Å². The number of aliphatic hydroxyl groups is 1. The van der Waals surface area contributed by atoms with Crippen molar-refractivity contribution < 1.29 is 34.0 Å². The molecule has 0 aromatic heterocycles. The van der Waals surface area contributed by atoms with Gasteiger partial charge in [-0.3, -0.25) is 34.7 Å². The Hall–Kier alpha value is -5.13. The zero-order valence-electron chi connectivity index (χ0n) is 17.5. The Kier molecular flexibility index (Phi) is 5.71. The van der Waals surface area contributed by atoms with Gasteiger partial charge in [0.2, 0.25) is 0 Å². The maximum absolute atomic E-state index is 13.5. The zero-order valence-corrected chi connectivity index (χ0v) is 17.5. The number of carbonyl (C=O) groups is 2. The van der Waals surface area contributed by atoms with Crippen molar-refractivity contribution in [2.45, 2.75) is 6.04 Å². The molecule has 1 aliphatic heterocycles. The number of non-ortho nitro benzene ring substituents is 1. The maximum atomic E-state index is 13.5. The van der Waals surface area contributed by atoms with E-state index in [9.17, 15) is 44.4 Å². The van der Waals surface area contributed by atoms with Gasteiger partial charge in [0.05, 0.1) is 21.5 Å². The number of amides is 1. The molecule has 0 saturated carbocycles. The fourth-order valence-corrected chi connectivity index (χ4v) is 3.77. The second-order valence-electron chi connectivity index (χ2n) is 7.45. The van der Waals surface area contributed by atoms with E-state index in [1.807, 2.05) is 0 Å². The molecular formula is C23H14FN3O8. The molecule has 35 heavy (non-hydrogen) atoms. The van der Waals surface area contributed by atoms with E-state index in [-0.39, 0.29) is 22.5 Å². The number of anilines is 1. The number of carbonyl (C=O) groups excluding carboxylic acids is 2. The van der Waals surface area contributed by atoms with E-state index >= 15 is 0 Å². The molecule has 4 rings (SSSR count). The normalized spacial score (nSPS) is 16.9. The van der Waals surface area contributed by atoms with Crippen molar-refractivity contribution in [3.05, 3.63) is 109 Å². The molecule has 1 heterocycles. The van der Waals surface area contributed by atoms with Gasteiger partial charge in [-0.2, -0.15) is 0 Å². The van der Waals surface area contributed by atoms with Gasteiger partial charge < -0.3 is 10.2 Å². The van der Waals surface area contributed by atoms with Crippen molar-refractivity contribution in [1.29, 1.82) is 0 Å². The predicted molar refractivity (Wildman–Crippen MR) is 119 cm³/mol. The Morgan fingerprint density at radius 1 is 0.914 bits per heavy atom. The molecule has 176 valence electrons. The van der Waals surface area contributed by atoms with Crippen molar-refractivity contribution in [1.82, 2.24) is 0 Å². The van der Waals surface area contributed by atoms with Gasteiger partial charge in [0.1, 0.15) is 11.6 Å². The van der Waals surface area contributed by atoms with Crippen LogP contribution in [-0.4, -0.2) is 31.8 Å². The van der Waals surface area contributed by atoms with Crippen LogP contribution in [0.15, 0.2) is 72.3 Å². The molecule has 0 spiro atoms. The minimum absolute atomic E-state index is 0.00138. The topological polar surface area (TPSA) is 164 Å². The number of hydrogen-bond acceptors (Lipinski definition) is 8. The van der Waals surface area contributed by atoms with Gasteiger partial charge in [-0.1, -0.05) is 6.07 Å². The SMILES string of the molecule is O=C1C(=O)N(c2ccc(F)cc2)C(c2ccc(O)c([N+](=O)[O-])c2)/C1=C(/O)c1ccc([N+](=O)[O-])cc1. The quantitative estimate of drug-likeness (QED) is 0.182. The fourth-order valence-electron chi connectivity index (χ4n) is 3.77. The third-order valence-electron chi connectivity index (χ3n) is 5.41. The molecular weight excluding hydrogens is 465 g/mol. The average Bonchev–Trinajstić information content (AvgIpc) is 3.10. The van der Waals surface area contributed by atoms with E-state index in [4.69, 9.17) is 0 Å². The lowest BCUT2D eigenvalue weighted by molar-refractivity contribution is -0.385. The standard InChI is InChI=1S/C23H14FN3O8/c24-14-4-8-15(9-5-14)25-20(13-3-10-18(28)17(11-13)27(34)35)19(22(30)23(25)31)21(29)12-1-6-16(7-2-12)26(32)33/h1-11,20,28-29H/b21-19-. The molecule has 3 aromatic carbocycles. The van der Waals surface area contributed by atoms with Crippen LogP contribution in [0.5, 0.6) is 5.75 Å². The molecule has 11 nitrogen and oxygen atoms in total. The van der Waals surface area contributed by atoms with E-state index in [2.05, 4.69) is 0 Å². The molecule has 1 atom stereocenters. The van der Waals surface area contributed by atoms with Crippen LogP contribution in [0.4, 0.5) is 21.5 Å². The van der Waals surface area contributed by atoms with E-state index in [0.717, 1.165) is 41.3 Å². The first-order valence-electron chi connectivity index (χ1n) is 9.89. The van der Waals surface area contributed by atoms with Gasteiger partial charge >= 0.3 is 5.69 Å². The van der Waals surface area contributed by atoms with Crippen LogP contribution in [-0.2, 0) is 9.59 Å². The summed E-state index contributed by atoms with van der Waals surface area (Å²) in [6, 6.07) is 10.8. The highest BCUT2D eigenvalue weighted by Gasteiger charge is 2.47. The summed E-state index contributed by atoms with van der Waals surface area (Å²) < 4.78 is 13.5. The van der Waals surface area contributed by atoms with Gasteiger partial charge in [0, 0.05) is 29.4 Å². The summed E-state index contributed by atoms with van der Waals surface area (Å²) >= 11 is 0. The van der Waals surface area contributed by atoms with Gasteiger partial charge in [-0.15, -0.1) is 0 Å². The van der Waals surface area contributed by atoms with Crippen molar-refractivity contribution in [3.63, 3.8) is 0 Å². The number of hydrogen-bond donors (Lipinski definition) is 2. The molecule has 3 aromatic rings. The Labute approximate surface area is 195 Å². The van der Waals surface area contributed by atoms with Crippen molar-refractivity contribution >= 4 is 34.5 Å². The van der Waals surface area contributed by atoms with Crippen LogP contribution in [0.1, 0.15) is 17.2 Å². The van der Waals surface area contributed by atoms with Crippen LogP contribution >= 0.6 is 0 Å². The number of phenols is 1. The first-order valence-corrected chi connectivity index (χ1v) is 9.89. The Balaban J connectivity index is 1.96. The highest BCUT2D eigenvalue weighted by molar-refractivity contribution is 6.51. The lowest BCUT2D eigenvalue weighted by Gasteiger charge is -2.25. The summed E-state index contributed by atoms with van der Waals surface area (Å²) in [5, 5.41) is 43.1. The van der Waals surface area contributed by atoms with Crippen LogP contribution in [0.3, 0.4) is 0 Å². The first-order chi connectivity index (χ1) is 16.6. The molecule has 1 amide bonds. The number of rotatable bonds is 5. The smallest absolute Gasteiger partial charge is 0.311 e. The minimum Gasteiger partial charge on any atom is -0.507 e. The monoisotopic (exact) mass is 479 g/mol. The maximum Gasteiger partial charge on any atom is 0.311 e. The van der Waals surface area contributed by atoms with E-state index < -0.39 is 56.2 Å². The molecule has 1 unspecified atom stereocenters. The van der Waals surface area contributed by atoms with Crippen LogP contribution in [0.2, 0.25) is 0 Å². The van der Waals surface area contributed by atoms with Crippen LogP contribution in [0.25, 0.3) is 5.76 Å². The number of phenolic OH excluding ortho intramolecular Hbond substituents is 1. The summed E-state index contributed by atoms with van der Waals surface area (Å²) in [7, 11) is 0. The fraction of sp³-hybridized carbons (Fsp3) is 0.0435. The average molecular weight is 479 g/mol. The molecule has 0 aliphatic carbocycles. The van der Waals surface area contributed by atoms with Gasteiger partial charge in [0.15, 0.2) is 5.75 Å². The number of nitro benzene ring substituents is 2. The van der Waals surface area contributed by atoms with Crippen molar-refractivity contribution in [3.8, 4) is 5.75 Å². The number of halogens is 1. The second-order valence-corrected chi connectivity index (χ2v) is 7.45. The van der Waals surface area contributed by atoms with Crippen molar-refractivity contribution in [2.24, 2.45) is 0 Å². The number of nitrogens with zero attached hydrogens (tertiary/aromatic N) is 3. The zero-order chi connectivity index (χ0) is 25.4. The van der Waals surface area contributed by atoms with Crippen LogP contribution in [0, 0.1) is 26.0 Å². The summed E-state index contributed by atoms with van der Waals surface area (Å²) in [5.74, 6) is -4.18. The number of benzene rings is 3. The third kappa shape index (κ3) is 4.04. The first kappa shape index (κ1) is 23.0. The molecule has 1 saturated heterocycles.